The summed E-state index contributed by atoms with van der Waals surface area (Å²) >= 11 is 1.25. The van der Waals surface area contributed by atoms with Crippen LogP contribution in [-0.2, 0) is 4.74 Å². The zero-order valence-electron chi connectivity index (χ0n) is 16.9. The fraction of sp³-hybridized carbons (Fsp3) is 0.526. The number of nitrogens with zero attached hydrogens (tertiary/aromatic N) is 5. The lowest BCUT2D eigenvalue weighted by molar-refractivity contribution is 0.0122. The first-order valence-electron chi connectivity index (χ1n) is 9.34. The molecule has 0 saturated carbocycles. The van der Waals surface area contributed by atoms with Gasteiger partial charge in [-0.2, -0.15) is 5.26 Å². The van der Waals surface area contributed by atoms with Crippen molar-refractivity contribution in [3.63, 3.8) is 0 Å². The average Bonchev–Trinajstić information content (AvgIpc) is 3.12. The van der Waals surface area contributed by atoms with Crippen LogP contribution in [0, 0.1) is 18.3 Å². The van der Waals surface area contributed by atoms with Crippen LogP contribution in [0.5, 0.6) is 5.88 Å². The summed E-state index contributed by atoms with van der Waals surface area (Å²) in [4.78, 5) is 27.1. The second-order valence-corrected chi connectivity index (χ2v) is 8.73. The van der Waals surface area contributed by atoms with E-state index in [1.165, 1.54) is 23.9 Å². The van der Waals surface area contributed by atoms with Gasteiger partial charge in [0.25, 0.3) is 0 Å². The summed E-state index contributed by atoms with van der Waals surface area (Å²) in [5.41, 5.74) is 0.257. The third-order valence-electron chi connectivity index (χ3n) is 4.25. The number of thiazole rings is 1. The molecular formula is C19H24N6O3S. The lowest BCUT2D eigenvalue weighted by Gasteiger charge is -2.33. The molecule has 29 heavy (non-hydrogen) atoms. The fourth-order valence-corrected chi connectivity index (χ4v) is 3.42. The predicted molar refractivity (Wildman–Crippen MR) is 108 cm³/mol. The van der Waals surface area contributed by atoms with Crippen molar-refractivity contribution in [2.75, 3.05) is 18.4 Å². The lowest BCUT2D eigenvalue weighted by atomic mass is 10.1. The molecule has 0 unspecified atom stereocenters. The number of nitriles is 1. The van der Waals surface area contributed by atoms with E-state index in [0.29, 0.717) is 47.6 Å². The highest BCUT2D eigenvalue weighted by atomic mass is 32.1. The normalized spacial score (nSPS) is 14.9. The first-order chi connectivity index (χ1) is 13.7. The summed E-state index contributed by atoms with van der Waals surface area (Å²) in [5, 5.41) is 12.6. The van der Waals surface area contributed by atoms with Crippen LogP contribution in [0.1, 0.15) is 44.1 Å². The predicted octanol–water partition coefficient (Wildman–Crippen LogP) is 3.64. The molecular weight excluding hydrogens is 392 g/mol. The van der Waals surface area contributed by atoms with Gasteiger partial charge in [-0.25, -0.2) is 19.7 Å². The summed E-state index contributed by atoms with van der Waals surface area (Å²) in [6.45, 7) is 8.59. The van der Waals surface area contributed by atoms with Crippen molar-refractivity contribution in [1.82, 2.24) is 19.9 Å². The van der Waals surface area contributed by atoms with E-state index in [-0.39, 0.29) is 12.2 Å². The standard InChI is InChI=1S/C19H24N6O3S/c1-12-15(24-17-21-10-14(9-20)29-17)22-11-23-16(12)27-13-5-7-25(8-6-13)18(26)28-19(2,3)4/h10-11,13H,5-8H2,1-4H3,(H,21,22,23,24). The Balaban J connectivity index is 1.59. The van der Waals surface area contributed by atoms with Crippen molar-refractivity contribution in [3.05, 3.63) is 23.0 Å². The van der Waals surface area contributed by atoms with Gasteiger partial charge in [-0.3, -0.25) is 0 Å². The van der Waals surface area contributed by atoms with E-state index >= 15 is 0 Å². The quantitative estimate of drug-likeness (QED) is 0.804. The van der Waals surface area contributed by atoms with E-state index in [1.807, 2.05) is 27.7 Å². The third-order valence-corrected chi connectivity index (χ3v) is 5.07. The number of likely N-dealkylation sites (tertiary alicyclic amines) is 1. The van der Waals surface area contributed by atoms with Crippen LogP contribution in [0.25, 0.3) is 0 Å². The van der Waals surface area contributed by atoms with Crippen LogP contribution in [0.2, 0.25) is 0 Å². The minimum Gasteiger partial charge on any atom is -0.474 e. The summed E-state index contributed by atoms with van der Waals surface area (Å²) in [6, 6.07) is 2.06. The molecule has 1 amide bonds. The molecule has 1 aliphatic rings. The first kappa shape index (κ1) is 20.8. The second-order valence-electron chi connectivity index (χ2n) is 7.70. The number of nitrogens with one attached hydrogen (secondary N) is 1. The van der Waals surface area contributed by atoms with Gasteiger partial charge in [-0.15, -0.1) is 0 Å². The van der Waals surface area contributed by atoms with Gasteiger partial charge in [-0.1, -0.05) is 11.3 Å². The van der Waals surface area contributed by atoms with Gasteiger partial charge in [-0.05, 0) is 27.7 Å². The van der Waals surface area contributed by atoms with Crippen molar-refractivity contribution < 1.29 is 14.3 Å². The van der Waals surface area contributed by atoms with Crippen LogP contribution in [0.15, 0.2) is 12.5 Å². The number of anilines is 2. The Labute approximate surface area is 173 Å². The van der Waals surface area contributed by atoms with Crippen LogP contribution >= 0.6 is 11.3 Å². The van der Waals surface area contributed by atoms with Crippen LogP contribution in [0.3, 0.4) is 0 Å². The van der Waals surface area contributed by atoms with Crippen molar-refractivity contribution in [2.24, 2.45) is 0 Å². The van der Waals surface area contributed by atoms with Gasteiger partial charge >= 0.3 is 6.09 Å². The molecule has 3 rings (SSSR count). The molecule has 0 aliphatic carbocycles. The van der Waals surface area contributed by atoms with Crippen molar-refractivity contribution in [1.29, 1.82) is 5.26 Å². The molecule has 2 aromatic heterocycles. The third kappa shape index (κ3) is 5.54. The molecule has 0 bridgehead atoms. The highest BCUT2D eigenvalue weighted by molar-refractivity contribution is 7.16. The number of amides is 1. The van der Waals surface area contributed by atoms with Crippen LogP contribution in [-0.4, -0.2) is 50.7 Å². The fourth-order valence-electron chi connectivity index (χ4n) is 2.80. The Kier molecular flexibility index (Phi) is 6.17. The minimum atomic E-state index is -0.503. The Hall–Kier alpha value is -2.93. The number of rotatable bonds is 4. The van der Waals surface area contributed by atoms with Crippen LogP contribution < -0.4 is 10.1 Å². The molecule has 3 heterocycles. The molecule has 10 heteroatoms. The maximum Gasteiger partial charge on any atom is 0.410 e. The molecule has 1 saturated heterocycles. The molecule has 0 atom stereocenters. The van der Waals surface area contributed by atoms with Gasteiger partial charge in [0.15, 0.2) is 5.13 Å². The Morgan fingerprint density at radius 1 is 1.31 bits per heavy atom. The van der Waals surface area contributed by atoms with Crippen LogP contribution in [0.4, 0.5) is 15.7 Å². The number of ether oxygens (including phenoxy) is 2. The Morgan fingerprint density at radius 3 is 2.66 bits per heavy atom. The number of aromatic nitrogens is 3. The summed E-state index contributed by atoms with van der Waals surface area (Å²) in [7, 11) is 0. The SMILES string of the molecule is Cc1c(Nc2ncc(C#N)s2)ncnc1OC1CCN(C(=O)OC(C)(C)C)CC1. The van der Waals surface area contributed by atoms with Crippen molar-refractivity contribution >= 4 is 28.4 Å². The zero-order chi connectivity index (χ0) is 21.0. The van der Waals surface area contributed by atoms with Crippen molar-refractivity contribution in [2.45, 2.75) is 52.2 Å². The molecule has 9 nitrogen and oxygen atoms in total. The van der Waals surface area contributed by atoms with E-state index in [9.17, 15) is 4.79 Å². The number of carbonyl (C=O) groups excluding carboxylic acids is 1. The van der Waals surface area contributed by atoms with Gasteiger partial charge in [0.1, 0.15) is 34.8 Å². The summed E-state index contributed by atoms with van der Waals surface area (Å²) < 4.78 is 11.5. The maximum absolute atomic E-state index is 12.2. The van der Waals surface area contributed by atoms with Gasteiger partial charge in [0.05, 0.1) is 11.8 Å². The maximum atomic E-state index is 12.2. The molecule has 0 aromatic carbocycles. The van der Waals surface area contributed by atoms with E-state index in [1.54, 1.807) is 4.90 Å². The highest BCUT2D eigenvalue weighted by Gasteiger charge is 2.28. The monoisotopic (exact) mass is 416 g/mol. The summed E-state index contributed by atoms with van der Waals surface area (Å²) in [5.74, 6) is 1.08. The second kappa shape index (κ2) is 8.61. The zero-order valence-corrected chi connectivity index (χ0v) is 17.7. The molecule has 0 spiro atoms. The number of hydrogen-bond acceptors (Lipinski definition) is 9. The van der Waals surface area contributed by atoms with E-state index < -0.39 is 5.60 Å². The Bertz CT molecular complexity index is 909. The van der Waals surface area contributed by atoms with E-state index in [0.717, 1.165) is 5.56 Å². The number of piperidine rings is 1. The topological polar surface area (TPSA) is 113 Å². The number of hydrogen-bond donors (Lipinski definition) is 1. The average molecular weight is 417 g/mol. The smallest absolute Gasteiger partial charge is 0.410 e. The lowest BCUT2D eigenvalue weighted by Crippen LogP contribution is -2.44. The van der Waals surface area contributed by atoms with Crippen molar-refractivity contribution in [3.8, 4) is 11.9 Å². The van der Waals surface area contributed by atoms with Gasteiger partial charge < -0.3 is 19.7 Å². The molecule has 1 fully saturated rings. The van der Waals surface area contributed by atoms with Gasteiger partial charge in [0.2, 0.25) is 5.88 Å². The number of carbonyl (C=O) groups is 1. The molecule has 2 aromatic rings. The summed E-state index contributed by atoms with van der Waals surface area (Å²) in [6.07, 6.45) is 4.01. The highest BCUT2D eigenvalue weighted by Crippen LogP contribution is 2.28. The van der Waals surface area contributed by atoms with E-state index in [4.69, 9.17) is 14.7 Å². The van der Waals surface area contributed by atoms with E-state index in [2.05, 4.69) is 26.3 Å². The molecule has 154 valence electrons. The Morgan fingerprint density at radius 2 is 2.03 bits per heavy atom. The first-order valence-corrected chi connectivity index (χ1v) is 10.2. The molecule has 1 N–H and O–H groups in total. The minimum absolute atomic E-state index is 0.0415. The van der Waals surface area contributed by atoms with Gasteiger partial charge in [0, 0.05) is 25.9 Å². The molecule has 1 aliphatic heterocycles. The largest absolute Gasteiger partial charge is 0.474 e. The molecule has 0 radical (unpaired) electrons.